The number of hydrogen-bond acceptors (Lipinski definition) is 6. The lowest BCUT2D eigenvalue weighted by Gasteiger charge is -2.13. The third-order valence-corrected chi connectivity index (χ3v) is 5.01. The number of halogens is 1. The minimum absolute atomic E-state index is 0.132. The quantitative estimate of drug-likeness (QED) is 0.491. The number of hydrogen-bond donors (Lipinski definition) is 0. The van der Waals surface area contributed by atoms with Gasteiger partial charge in [-0.2, -0.15) is 0 Å². The van der Waals surface area contributed by atoms with E-state index in [4.69, 9.17) is 4.74 Å². The van der Waals surface area contributed by atoms with Gasteiger partial charge in [-0.1, -0.05) is 6.08 Å². The fraction of sp³-hybridized carbons (Fsp3) is 0.211. The fourth-order valence-electron chi connectivity index (χ4n) is 2.64. The summed E-state index contributed by atoms with van der Waals surface area (Å²) in [6.07, 6.45) is 9.46. The van der Waals surface area contributed by atoms with Gasteiger partial charge in [0, 0.05) is 26.5 Å². The molecule has 6 nitrogen and oxygen atoms in total. The van der Waals surface area contributed by atoms with E-state index in [9.17, 15) is 9.18 Å². The van der Waals surface area contributed by atoms with Crippen LogP contribution in [0, 0.1) is 0 Å². The second-order valence-electron chi connectivity index (χ2n) is 5.94. The van der Waals surface area contributed by atoms with Gasteiger partial charge in [0.1, 0.15) is 27.4 Å². The first-order valence-corrected chi connectivity index (χ1v) is 8.96. The van der Waals surface area contributed by atoms with Crippen LogP contribution in [0.2, 0.25) is 0 Å². The summed E-state index contributed by atoms with van der Waals surface area (Å²) in [6.45, 7) is 1.31. The van der Waals surface area contributed by atoms with Crippen LogP contribution in [0.4, 0.5) is 10.1 Å². The van der Waals surface area contributed by atoms with E-state index in [0.717, 1.165) is 15.9 Å². The molecule has 0 bridgehead atoms. The zero-order chi connectivity index (χ0) is 19.6. The summed E-state index contributed by atoms with van der Waals surface area (Å²) in [5.74, 6) is -0.288. The number of rotatable bonds is 5. The van der Waals surface area contributed by atoms with Crippen molar-refractivity contribution in [3.8, 4) is 0 Å². The first kappa shape index (κ1) is 18.8. The van der Waals surface area contributed by atoms with Crippen LogP contribution in [0.15, 0.2) is 53.2 Å². The second kappa shape index (κ2) is 7.71. The van der Waals surface area contributed by atoms with Crippen LogP contribution in [0.5, 0.6) is 0 Å². The highest BCUT2D eigenvalue weighted by atomic mass is 32.1. The summed E-state index contributed by atoms with van der Waals surface area (Å²) in [5.41, 5.74) is 1.44. The third-order valence-electron chi connectivity index (χ3n) is 3.93. The molecule has 0 unspecified atom stereocenters. The normalized spacial score (nSPS) is 13.1. The standard InChI is InChI=1S/C19H19FN4O2S/c1-12(20)14(26-4)7-5-6-10-24-11-22-16-15-13(23(2)3)8-9-21-18(15)27-17(16)19(24)25/h5-11H,1-4H3/b7-5-,10-6+,14-12-. The number of ether oxygens (including phenoxy) is 1. The molecule has 0 atom stereocenters. The van der Waals surface area contributed by atoms with Gasteiger partial charge < -0.3 is 9.64 Å². The van der Waals surface area contributed by atoms with Gasteiger partial charge in [0.15, 0.2) is 0 Å². The van der Waals surface area contributed by atoms with Crippen molar-refractivity contribution in [2.45, 2.75) is 6.92 Å². The number of aromatic nitrogens is 3. The lowest BCUT2D eigenvalue weighted by molar-refractivity contribution is 0.291. The number of methoxy groups -OCH3 is 1. The highest BCUT2D eigenvalue weighted by Gasteiger charge is 2.15. The SMILES string of the molecule is COC(/C=C\C=C\n1cnc2c(sc3nccc(N(C)C)c32)c1=O)=C(/C)F. The Morgan fingerprint density at radius 2 is 2.11 bits per heavy atom. The molecule has 8 heteroatoms. The minimum Gasteiger partial charge on any atom is -0.494 e. The summed E-state index contributed by atoms with van der Waals surface area (Å²) >= 11 is 1.32. The van der Waals surface area contributed by atoms with Gasteiger partial charge in [0.25, 0.3) is 5.56 Å². The largest absolute Gasteiger partial charge is 0.494 e. The van der Waals surface area contributed by atoms with E-state index < -0.39 is 5.83 Å². The van der Waals surface area contributed by atoms with E-state index in [0.29, 0.717) is 10.2 Å². The van der Waals surface area contributed by atoms with Gasteiger partial charge in [-0.3, -0.25) is 9.36 Å². The average Bonchev–Trinajstić information content (AvgIpc) is 3.02. The maximum absolute atomic E-state index is 13.2. The number of thiophene rings is 1. The van der Waals surface area contributed by atoms with Crippen LogP contribution in [0.3, 0.4) is 0 Å². The zero-order valence-electron chi connectivity index (χ0n) is 15.4. The number of anilines is 1. The van der Waals surface area contributed by atoms with Gasteiger partial charge >= 0.3 is 0 Å². The van der Waals surface area contributed by atoms with Crippen LogP contribution in [0.1, 0.15) is 6.92 Å². The highest BCUT2D eigenvalue weighted by Crippen LogP contribution is 2.34. The van der Waals surface area contributed by atoms with Crippen LogP contribution in [0.25, 0.3) is 26.6 Å². The third kappa shape index (κ3) is 3.61. The Hall–Kier alpha value is -3.00. The van der Waals surface area contributed by atoms with Gasteiger partial charge in [-0.15, -0.1) is 11.3 Å². The van der Waals surface area contributed by atoms with E-state index in [1.807, 2.05) is 25.1 Å². The minimum atomic E-state index is -0.420. The van der Waals surface area contributed by atoms with Crippen molar-refractivity contribution >= 4 is 43.7 Å². The molecule has 3 rings (SSSR count). The maximum Gasteiger partial charge on any atom is 0.275 e. The molecule has 0 N–H and O–H groups in total. The van der Waals surface area contributed by atoms with Gasteiger partial charge in [-0.25, -0.2) is 14.4 Å². The lowest BCUT2D eigenvalue weighted by Crippen LogP contribution is -2.14. The van der Waals surface area contributed by atoms with Gasteiger partial charge in [0.05, 0.1) is 23.7 Å². The molecular formula is C19H19FN4O2S. The Morgan fingerprint density at radius 3 is 2.78 bits per heavy atom. The Labute approximate surface area is 159 Å². The van der Waals surface area contributed by atoms with E-state index in [1.54, 1.807) is 24.5 Å². The summed E-state index contributed by atoms with van der Waals surface area (Å²) in [5, 5.41) is 0.879. The van der Waals surface area contributed by atoms with Crippen molar-refractivity contribution in [3.63, 3.8) is 0 Å². The number of nitrogens with zero attached hydrogens (tertiary/aromatic N) is 4. The molecule has 140 valence electrons. The van der Waals surface area contributed by atoms with Crippen LogP contribution in [-0.2, 0) is 4.74 Å². The molecule has 0 aliphatic heterocycles. The monoisotopic (exact) mass is 386 g/mol. The highest BCUT2D eigenvalue weighted by molar-refractivity contribution is 7.25. The van der Waals surface area contributed by atoms with Crippen molar-refractivity contribution in [2.24, 2.45) is 0 Å². The number of fused-ring (bicyclic) bond motifs is 3. The van der Waals surface area contributed by atoms with Crippen LogP contribution in [-0.4, -0.2) is 35.7 Å². The number of pyridine rings is 1. The van der Waals surface area contributed by atoms with Crippen LogP contribution < -0.4 is 10.5 Å². The van der Waals surface area contributed by atoms with E-state index in [1.165, 1.54) is 42.3 Å². The summed E-state index contributed by atoms with van der Waals surface area (Å²) in [6, 6.07) is 1.90. The Kier molecular flexibility index (Phi) is 5.36. The summed E-state index contributed by atoms with van der Waals surface area (Å²) in [7, 11) is 5.28. The molecule has 27 heavy (non-hydrogen) atoms. The Balaban J connectivity index is 2.04. The van der Waals surface area contributed by atoms with Crippen LogP contribution >= 0.6 is 11.3 Å². The lowest BCUT2D eigenvalue weighted by atomic mass is 10.2. The van der Waals surface area contributed by atoms with E-state index in [-0.39, 0.29) is 11.3 Å². The van der Waals surface area contributed by atoms with E-state index in [2.05, 4.69) is 9.97 Å². The molecule has 0 amide bonds. The predicted octanol–water partition coefficient (Wildman–Crippen LogP) is 3.95. The fourth-order valence-corrected chi connectivity index (χ4v) is 3.69. The van der Waals surface area contributed by atoms with Gasteiger partial charge in [-0.05, 0) is 25.1 Å². The van der Waals surface area contributed by atoms with Crippen molar-refractivity contribution in [2.75, 3.05) is 26.1 Å². The number of allylic oxidation sites excluding steroid dienone is 4. The Morgan fingerprint density at radius 1 is 1.33 bits per heavy atom. The molecule has 3 aromatic heterocycles. The molecule has 3 heterocycles. The molecule has 3 aromatic rings. The molecule has 0 saturated carbocycles. The molecule has 0 aromatic carbocycles. The Bertz CT molecular complexity index is 1140. The first-order valence-electron chi connectivity index (χ1n) is 8.15. The van der Waals surface area contributed by atoms with Gasteiger partial charge in [0.2, 0.25) is 0 Å². The smallest absolute Gasteiger partial charge is 0.275 e. The van der Waals surface area contributed by atoms with Crippen molar-refractivity contribution in [1.29, 1.82) is 0 Å². The molecule has 0 fully saturated rings. The molecular weight excluding hydrogens is 367 g/mol. The molecule has 0 saturated heterocycles. The zero-order valence-corrected chi connectivity index (χ0v) is 16.2. The summed E-state index contributed by atoms with van der Waals surface area (Å²) in [4.78, 5) is 24.4. The first-order chi connectivity index (χ1) is 12.9. The topological polar surface area (TPSA) is 60.2 Å². The van der Waals surface area contributed by atoms with Crippen molar-refractivity contribution in [1.82, 2.24) is 14.5 Å². The van der Waals surface area contributed by atoms with E-state index >= 15 is 0 Å². The molecule has 0 radical (unpaired) electrons. The second-order valence-corrected chi connectivity index (χ2v) is 6.94. The van der Waals surface area contributed by atoms with Crippen molar-refractivity contribution < 1.29 is 9.13 Å². The average molecular weight is 386 g/mol. The molecule has 0 aliphatic rings. The van der Waals surface area contributed by atoms with Crippen molar-refractivity contribution in [3.05, 3.63) is 58.8 Å². The summed E-state index contributed by atoms with van der Waals surface area (Å²) < 4.78 is 20.0. The predicted molar refractivity (Wildman–Crippen MR) is 109 cm³/mol. The molecule has 0 spiro atoms. The molecule has 0 aliphatic carbocycles. The maximum atomic E-state index is 13.2.